The fourth-order valence-corrected chi connectivity index (χ4v) is 3.98. The molecule has 26 heavy (non-hydrogen) atoms. The van der Waals surface area contributed by atoms with E-state index in [1.165, 1.54) is 6.07 Å². The van der Waals surface area contributed by atoms with E-state index in [1.807, 2.05) is 6.07 Å². The summed E-state index contributed by atoms with van der Waals surface area (Å²) in [6.45, 7) is 0. The van der Waals surface area contributed by atoms with Crippen LogP contribution >= 0.6 is 22.6 Å². The molecule has 1 saturated carbocycles. The molecule has 138 valence electrons. The van der Waals surface area contributed by atoms with Crippen LogP contribution in [0.25, 0.3) is 0 Å². The monoisotopic (exact) mass is 469 g/mol. The van der Waals surface area contributed by atoms with Gasteiger partial charge in [0, 0.05) is 34.4 Å². The number of ketones is 1. The highest BCUT2D eigenvalue weighted by atomic mass is 127. The molecule has 1 heterocycles. The first-order valence-electron chi connectivity index (χ1n) is 8.72. The summed E-state index contributed by atoms with van der Waals surface area (Å²) >= 11 is 2.05. The Balaban J connectivity index is 1.79. The number of benzene rings is 1. The van der Waals surface area contributed by atoms with Gasteiger partial charge in [-0.2, -0.15) is 0 Å². The lowest BCUT2D eigenvalue weighted by Gasteiger charge is -2.31. The summed E-state index contributed by atoms with van der Waals surface area (Å²) in [6.07, 6.45) is 4.05. The van der Waals surface area contributed by atoms with E-state index in [4.69, 9.17) is 0 Å². The average Bonchev–Trinajstić information content (AvgIpc) is 2.62. The van der Waals surface area contributed by atoms with Crippen molar-refractivity contribution in [1.82, 2.24) is 4.98 Å². The lowest BCUT2D eigenvalue weighted by Crippen LogP contribution is -2.38. The molecule has 1 aliphatic rings. The largest absolute Gasteiger partial charge is 0.390 e. The number of hydrogen-bond donors (Lipinski definition) is 2. The van der Waals surface area contributed by atoms with E-state index in [2.05, 4.69) is 27.6 Å². The van der Waals surface area contributed by atoms with Crippen molar-refractivity contribution >= 4 is 28.4 Å². The summed E-state index contributed by atoms with van der Waals surface area (Å²) in [5, 5.41) is 20.0. The minimum atomic E-state index is -0.869. The van der Waals surface area contributed by atoms with Gasteiger partial charge in [0.1, 0.15) is 5.82 Å². The van der Waals surface area contributed by atoms with Crippen molar-refractivity contribution in [2.75, 3.05) is 0 Å². The van der Waals surface area contributed by atoms with Crippen molar-refractivity contribution in [1.29, 1.82) is 0 Å². The molecule has 0 bridgehead atoms. The molecule has 1 aromatic heterocycles. The Bertz CT molecular complexity index is 798. The number of carbonyl (C=O) groups excluding carboxylic acids is 1. The van der Waals surface area contributed by atoms with Crippen LogP contribution in [0, 0.1) is 15.3 Å². The third-order valence-corrected chi connectivity index (χ3v) is 5.67. The van der Waals surface area contributed by atoms with Gasteiger partial charge in [-0.1, -0.05) is 12.5 Å². The summed E-state index contributed by atoms with van der Waals surface area (Å²) in [5.74, 6) is -0.654. The fraction of sp³-hybridized carbons (Fsp3) is 0.400. The van der Waals surface area contributed by atoms with E-state index in [9.17, 15) is 19.4 Å². The summed E-state index contributed by atoms with van der Waals surface area (Å²) in [6, 6.07) is 6.66. The number of aromatic nitrogens is 1. The van der Waals surface area contributed by atoms with Gasteiger partial charge in [-0.25, -0.2) is 4.39 Å². The number of carbonyl (C=O) groups is 1. The van der Waals surface area contributed by atoms with Crippen molar-refractivity contribution in [3.63, 3.8) is 0 Å². The first kappa shape index (κ1) is 19.4. The van der Waals surface area contributed by atoms with Crippen molar-refractivity contribution in [2.24, 2.45) is 5.92 Å². The maximum Gasteiger partial charge on any atom is 0.163 e. The van der Waals surface area contributed by atoms with Crippen LogP contribution in [-0.2, 0) is 6.42 Å². The quantitative estimate of drug-likeness (QED) is 0.520. The summed E-state index contributed by atoms with van der Waals surface area (Å²) in [5.41, 5.74) is 1.69. The smallest absolute Gasteiger partial charge is 0.163 e. The second kappa shape index (κ2) is 8.54. The van der Waals surface area contributed by atoms with E-state index >= 15 is 0 Å². The van der Waals surface area contributed by atoms with Gasteiger partial charge < -0.3 is 10.2 Å². The molecule has 3 rings (SSSR count). The van der Waals surface area contributed by atoms with Crippen LogP contribution in [0.3, 0.4) is 0 Å². The van der Waals surface area contributed by atoms with Crippen LogP contribution < -0.4 is 0 Å². The zero-order valence-electron chi connectivity index (χ0n) is 14.2. The minimum absolute atomic E-state index is 0.105. The number of Topliss-reactive ketones (excluding diaryl/α,β-unsaturated/α-hetero) is 1. The molecule has 0 aliphatic heterocycles. The maximum absolute atomic E-state index is 14.2. The Hall–Kier alpha value is -1.38. The lowest BCUT2D eigenvalue weighted by atomic mass is 9.80. The van der Waals surface area contributed by atoms with Gasteiger partial charge >= 0.3 is 0 Å². The maximum atomic E-state index is 14.2. The number of aliphatic hydroxyl groups excluding tert-OH is 2. The summed E-state index contributed by atoms with van der Waals surface area (Å²) < 4.78 is 15.0. The van der Waals surface area contributed by atoms with Crippen LogP contribution in [0.2, 0.25) is 0 Å². The zero-order valence-corrected chi connectivity index (χ0v) is 16.4. The van der Waals surface area contributed by atoms with Gasteiger partial charge in [0.2, 0.25) is 0 Å². The van der Waals surface area contributed by atoms with Gasteiger partial charge in [-0.3, -0.25) is 9.78 Å². The highest BCUT2D eigenvalue weighted by molar-refractivity contribution is 14.1. The number of pyridine rings is 1. The Morgan fingerprint density at radius 3 is 2.81 bits per heavy atom. The third-order valence-electron chi connectivity index (χ3n) is 5.00. The zero-order chi connectivity index (χ0) is 18.7. The summed E-state index contributed by atoms with van der Waals surface area (Å²) in [7, 11) is 0. The molecule has 0 saturated heterocycles. The minimum Gasteiger partial charge on any atom is -0.390 e. The molecule has 6 heteroatoms. The predicted molar refractivity (Wildman–Crippen MR) is 104 cm³/mol. The Labute approximate surface area is 165 Å². The van der Waals surface area contributed by atoms with E-state index in [0.717, 1.165) is 16.4 Å². The van der Waals surface area contributed by atoms with Gasteiger partial charge in [0.05, 0.1) is 12.2 Å². The second-order valence-electron chi connectivity index (χ2n) is 6.82. The molecule has 4 nitrogen and oxygen atoms in total. The number of hydrogen-bond acceptors (Lipinski definition) is 4. The number of halogens is 2. The molecule has 1 aromatic carbocycles. The van der Waals surface area contributed by atoms with Gasteiger partial charge in [-0.05, 0) is 70.7 Å². The molecule has 1 fully saturated rings. The molecule has 0 radical (unpaired) electrons. The Morgan fingerprint density at radius 1 is 1.23 bits per heavy atom. The first-order chi connectivity index (χ1) is 12.5. The normalized spacial score (nSPS) is 23.0. The van der Waals surface area contributed by atoms with E-state index in [-0.39, 0.29) is 30.4 Å². The standard InChI is InChI=1S/C20H21FINO3/c21-17-10-15(22)5-4-12(17)8-14-11-23-7-6-16(14)19(25)9-13-2-1-3-18(24)20(13)26/h4-7,10-11,13,18,20,24,26H,1-3,8-9H2/t13-,18+,20-/m1/s1. The Morgan fingerprint density at radius 2 is 2.04 bits per heavy atom. The molecule has 0 spiro atoms. The Kier molecular flexibility index (Phi) is 6.37. The van der Waals surface area contributed by atoms with Gasteiger partial charge in [0.15, 0.2) is 5.78 Å². The van der Waals surface area contributed by atoms with Crippen molar-refractivity contribution < 1.29 is 19.4 Å². The lowest BCUT2D eigenvalue weighted by molar-refractivity contribution is -0.0445. The molecule has 1 aliphatic carbocycles. The molecule has 2 aromatic rings. The van der Waals surface area contributed by atoms with E-state index in [0.29, 0.717) is 23.1 Å². The van der Waals surface area contributed by atoms with Crippen molar-refractivity contribution in [2.45, 2.75) is 44.3 Å². The van der Waals surface area contributed by atoms with Gasteiger partial charge in [-0.15, -0.1) is 0 Å². The fourth-order valence-electron chi connectivity index (χ4n) is 3.53. The van der Waals surface area contributed by atoms with E-state index in [1.54, 1.807) is 24.5 Å². The second-order valence-corrected chi connectivity index (χ2v) is 8.07. The molecule has 2 N–H and O–H groups in total. The van der Waals surface area contributed by atoms with Crippen molar-refractivity contribution in [3.05, 3.63) is 62.7 Å². The number of nitrogens with zero attached hydrogens (tertiary/aromatic N) is 1. The average molecular weight is 469 g/mol. The number of rotatable bonds is 5. The molecular formula is C20H21FINO3. The highest BCUT2D eigenvalue weighted by Gasteiger charge is 2.32. The predicted octanol–water partition coefficient (Wildman–Crippen LogP) is 3.51. The first-order valence-corrected chi connectivity index (χ1v) is 9.79. The number of aliphatic hydroxyl groups is 2. The van der Waals surface area contributed by atoms with Crippen LogP contribution in [-0.4, -0.2) is 33.2 Å². The van der Waals surface area contributed by atoms with Crippen LogP contribution in [0.15, 0.2) is 36.7 Å². The summed E-state index contributed by atoms with van der Waals surface area (Å²) in [4.78, 5) is 16.9. The topological polar surface area (TPSA) is 70.4 Å². The van der Waals surface area contributed by atoms with Crippen LogP contribution in [0.1, 0.15) is 47.2 Å². The van der Waals surface area contributed by atoms with Crippen LogP contribution in [0.4, 0.5) is 4.39 Å². The molecular weight excluding hydrogens is 448 g/mol. The molecule has 0 amide bonds. The molecule has 3 atom stereocenters. The highest BCUT2D eigenvalue weighted by Crippen LogP contribution is 2.29. The van der Waals surface area contributed by atoms with Crippen molar-refractivity contribution in [3.8, 4) is 0 Å². The van der Waals surface area contributed by atoms with Gasteiger partial charge in [0.25, 0.3) is 0 Å². The van der Waals surface area contributed by atoms with Crippen LogP contribution in [0.5, 0.6) is 0 Å². The SMILES string of the molecule is O=C(C[C@H]1CCC[C@H](O)[C@@H]1O)c1ccncc1Cc1ccc(I)cc1F. The van der Waals surface area contributed by atoms with E-state index < -0.39 is 12.2 Å². The third kappa shape index (κ3) is 4.47. The molecule has 0 unspecified atom stereocenters.